The maximum Gasteiger partial charge on any atom is 0.321 e. The lowest BCUT2D eigenvalue weighted by atomic mass is 10.4. The van der Waals surface area contributed by atoms with E-state index in [0.29, 0.717) is 0 Å². The minimum Gasteiger partial charge on any atom is -0.330 e. The maximum atomic E-state index is 12.4. The quantitative estimate of drug-likeness (QED) is 0.235. The van der Waals surface area contributed by atoms with Gasteiger partial charge < -0.3 is 5.32 Å². The van der Waals surface area contributed by atoms with Crippen molar-refractivity contribution in [1.82, 2.24) is 16.1 Å². The lowest BCUT2D eigenvalue weighted by molar-refractivity contribution is -0.119. The van der Waals surface area contributed by atoms with Gasteiger partial charge in [0.25, 0.3) is 0 Å². The Bertz CT molecular complexity index is 329. The number of nitrogens with zero attached hydrogens (tertiary/aromatic N) is 1. The molecule has 0 radical (unpaired) electrons. The van der Waals surface area contributed by atoms with Gasteiger partial charge in [0, 0.05) is 12.6 Å². The third-order valence-corrected chi connectivity index (χ3v) is 1.57. The summed E-state index contributed by atoms with van der Waals surface area (Å²) in [5.74, 6) is 3.56. The number of carbonyl (C=O) groups is 2. The van der Waals surface area contributed by atoms with E-state index < -0.39 is 18.0 Å². The molecule has 0 spiro atoms. The molecular weight excluding hydrogens is 229 g/mol. The summed E-state index contributed by atoms with van der Waals surface area (Å²) in [7, 11) is 0. The molecule has 0 rings (SSSR count). The molecule has 0 fully saturated rings. The molecule has 7 nitrogen and oxygen atoms in total. The first-order chi connectivity index (χ1) is 7.99. The summed E-state index contributed by atoms with van der Waals surface area (Å²) in [4.78, 5) is 25.6. The van der Waals surface area contributed by atoms with E-state index in [4.69, 9.17) is 5.84 Å². The van der Waals surface area contributed by atoms with Gasteiger partial charge in [-0.25, -0.2) is 10.6 Å². The number of nitrogens with two attached hydrogens (primary N) is 1. The molecule has 8 heteroatoms. The van der Waals surface area contributed by atoms with Crippen molar-refractivity contribution in [3.05, 3.63) is 12.2 Å². The van der Waals surface area contributed by atoms with Crippen LogP contribution in [0.1, 0.15) is 20.3 Å². The Labute approximate surface area is 98.3 Å². The van der Waals surface area contributed by atoms with Crippen molar-refractivity contribution < 1.29 is 14.0 Å². The average molecular weight is 245 g/mol. The minimum atomic E-state index is -0.806. The zero-order chi connectivity index (χ0) is 13.3. The van der Waals surface area contributed by atoms with Crippen LogP contribution in [0, 0.1) is 0 Å². The van der Waals surface area contributed by atoms with Crippen molar-refractivity contribution in [2.45, 2.75) is 26.3 Å². The number of imide groups is 1. The number of nitrogens with one attached hydrogen (secondary N) is 3. The van der Waals surface area contributed by atoms with Crippen LogP contribution in [-0.2, 0) is 4.79 Å². The summed E-state index contributed by atoms with van der Waals surface area (Å²) in [6.45, 7) is 3.24. The SMILES string of the molecule is CCC(=O)NC(=O)NC(C)/C=N\C=C(\F)NN. The van der Waals surface area contributed by atoms with Gasteiger partial charge in [0.05, 0.1) is 12.2 Å². The highest BCUT2D eigenvalue weighted by molar-refractivity contribution is 5.95. The molecule has 0 heterocycles. The van der Waals surface area contributed by atoms with E-state index in [1.165, 1.54) is 6.21 Å². The summed E-state index contributed by atoms with van der Waals surface area (Å²) < 4.78 is 12.4. The van der Waals surface area contributed by atoms with Crippen LogP contribution in [0.25, 0.3) is 0 Å². The third kappa shape index (κ3) is 7.91. The van der Waals surface area contributed by atoms with Crippen molar-refractivity contribution in [1.29, 1.82) is 0 Å². The largest absolute Gasteiger partial charge is 0.330 e. The lowest BCUT2D eigenvalue weighted by Crippen LogP contribution is -2.43. The van der Waals surface area contributed by atoms with Gasteiger partial charge in [-0.3, -0.25) is 20.5 Å². The summed E-state index contributed by atoms with van der Waals surface area (Å²) in [5.41, 5.74) is 1.75. The van der Waals surface area contributed by atoms with E-state index in [1.807, 2.05) is 0 Å². The first kappa shape index (κ1) is 15.0. The Morgan fingerprint density at radius 3 is 2.71 bits per heavy atom. The fourth-order valence-corrected chi connectivity index (χ4v) is 0.770. The van der Waals surface area contributed by atoms with Crippen molar-refractivity contribution in [3.8, 4) is 0 Å². The maximum absolute atomic E-state index is 12.4. The zero-order valence-corrected chi connectivity index (χ0v) is 9.66. The average Bonchev–Trinajstić information content (AvgIpc) is 2.28. The van der Waals surface area contributed by atoms with Crippen LogP contribution in [-0.4, -0.2) is 24.2 Å². The first-order valence-electron chi connectivity index (χ1n) is 4.95. The Morgan fingerprint density at radius 1 is 1.53 bits per heavy atom. The molecule has 96 valence electrons. The number of rotatable bonds is 5. The Morgan fingerprint density at radius 2 is 2.18 bits per heavy atom. The standard InChI is InChI=1S/C9H16FN5O2/c1-3-8(16)14-9(17)13-6(2)4-12-5-7(10)15-11/h4-6,15H,3,11H2,1-2H3,(H2,13,14,16,17)/b7-5-,12-4-. The van der Waals surface area contributed by atoms with Crippen molar-refractivity contribution in [2.75, 3.05) is 0 Å². The molecule has 0 aliphatic rings. The second-order valence-electron chi connectivity index (χ2n) is 3.08. The van der Waals surface area contributed by atoms with Crippen LogP contribution >= 0.6 is 0 Å². The molecule has 0 aromatic carbocycles. The second kappa shape index (κ2) is 8.22. The van der Waals surface area contributed by atoms with Crippen molar-refractivity contribution >= 4 is 18.2 Å². The van der Waals surface area contributed by atoms with E-state index in [-0.39, 0.29) is 12.3 Å². The molecule has 0 aliphatic heterocycles. The Hall–Kier alpha value is -1.96. The fourth-order valence-electron chi connectivity index (χ4n) is 0.770. The van der Waals surface area contributed by atoms with Gasteiger partial charge in [0.1, 0.15) is 0 Å². The van der Waals surface area contributed by atoms with Crippen LogP contribution in [0.3, 0.4) is 0 Å². The molecular formula is C9H16FN5O2. The molecule has 0 aromatic rings. The topological polar surface area (TPSA) is 109 Å². The van der Waals surface area contributed by atoms with Crippen LogP contribution in [0.2, 0.25) is 0 Å². The number of hydrazine groups is 1. The zero-order valence-electron chi connectivity index (χ0n) is 9.66. The molecule has 0 bridgehead atoms. The highest BCUT2D eigenvalue weighted by Gasteiger charge is 2.07. The van der Waals surface area contributed by atoms with E-state index in [2.05, 4.69) is 15.6 Å². The van der Waals surface area contributed by atoms with Crippen LogP contribution in [0.4, 0.5) is 9.18 Å². The third-order valence-electron chi connectivity index (χ3n) is 1.57. The summed E-state index contributed by atoms with van der Waals surface area (Å²) >= 11 is 0. The normalized spacial score (nSPS) is 13.3. The van der Waals surface area contributed by atoms with Crippen molar-refractivity contribution in [2.24, 2.45) is 10.8 Å². The number of hydrogen-bond acceptors (Lipinski definition) is 5. The molecule has 17 heavy (non-hydrogen) atoms. The number of hydrogen-bond donors (Lipinski definition) is 4. The summed E-state index contributed by atoms with van der Waals surface area (Å²) in [5, 5.41) is 4.51. The van der Waals surface area contributed by atoms with E-state index in [0.717, 1.165) is 6.20 Å². The number of amides is 3. The van der Waals surface area contributed by atoms with Gasteiger partial charge in [-0.1, -0.05) is 6.92 Å². The number of halogens is 1. The highest BCUT2D eigenvalue weighted by Crippen LogP contribution is 1.87. The predicted molar refractivity (Wildman–Crippen MR) is 61.4 cm³/mol. The van der Waals surface area contributed by atoms with Gasteiger partial charge in [0.2, 0.25) is 11.9 Å². The number of urea groups is 1. The van der Waals surface area contributed by atoms with Gasteiger partial charge in [-0.2, -0.15) is 4.39 Å². The van der Waals surface area contributed by atoms with E-state index >= 15 is 0 Å². The monoisotopic (exact) mass is 245 g/mol. The van der Waals surface area contributed by atoms with E-state index in [1.54, 1.807) is 19.3 Å². The van der Waals surface area contributed by atoms with Gasteiger partial charge in [0.15, 0.2) is 0 Å². The smallest absolute Gasteiger partial charge is 0.321 e. The van der Waals surface area contributed by atoms with Gasteiger partial charge >= 0.3 is 6.03 Å². The van der Waals surface area contributed by atoms with Crippen LogP contribution in [0.5, 0.6) is 0 Å². The van der Waals surface area contributed by atoms with Crippen LogP contribution < -0.4 is 21.9 Å². The number of aliphatic imine (C=N–C) groups is 1. The fraction of sp³-hybridized carbons (Fsp3) is 0.444. The molecule has 3 amide bonds. The van der Waals surface area contributed by atoms with Crippen molar-refractivity contribution in [3.63, 3.8) is 0 Å². The molecule has 5 N–H and O–H groups in total. The minimum absolute atomic E-state index is 0.214. The lowest BCUT2D eigenvalue weighted by Gasteiger charge is -2.08. The van der Waals surface area contributed by atoms with Crippen LogP contribution in [0.15, 0.2) is 17.1 Å². The first-order valence-corrected chi connectivity index (χ1v) is 4.95. The Balaban J connectivity index is 4.05. The molecule has 0 aliphatic carbocycles. The molecule has 1 unspecified atom stereocenters. The van der Waals surface area contributed by atoms with Gasteiger partial charge in [-0.05, 0) is 6.92 Å². The number of carbonyl (C=O) groups excluding carboxylic acids is 2. The van der Waals surface area contributed by atoms with Gasteiger partial charge in [-0.15, -0.1) is 0 Å². The second-order valence-corrected chi connectivity index (χ2v) is 3.08. The Kier molecular flexibility index (Phi) is 7.27. The molecule has 0 saturated heterocycles. The predicted octanol–water partition coefficient (Wildman–Crippen LogP) is -0.0868. The van der Waals surface area contributed by atoms with E-state index in [9.17, 15) is 14.0 Å². The highest BCUT2D eigenvalue weighted by atomic mass is 19.1. The summed E-state index contributed by atoms with van der Waals surface area (Å²) in [6.07, 6.45) is 2.35. The molecule has 0 saturated carbocycles. The summed E-state index contributed by atoms with van der Waals surface area (Å²) in [6, 6.07) is -1.08. The molecule has 0 aromatic heterocycles. The molecule has 1 atom stereocenters.